The Morgan fingerprint density at radius 2 is 0.513 bits per heavy atom. The van der Waals surface area contributed by atoms with Gasteiger partial charge in [0, 0.05) is 89.2 Å². The summed E-state index contributed by atoms with van der Waals surface area (Å²) in [6, 6.07) is 6.22. The zero-order chi connectivity index (χ0) is 110. The summed E-state index contributed by atoms with van der Waals surface area (Å²) in [5.74, 6) is -0.184. The fourth-order valence-corrected chi connectivity index (χ4v) is 18.5. The molecule has 0 atom stereocenters. The average molecular weight is 2120 g/mol. The Kier molecular flexibility index (Phi) is 114. The number of nitrogens with zero attached hydrogens (tertiary/aromatic N) is 5. The van der Waals surface area contributed by atoms with Crippen LogP contribution in [0.3, 0.4) is 0 Å². The Morgan fingerprint density at radius 3 is 0.760 bits per heavy atom. The first-order chi connectivity index (χ1) is 73.3. The summed E-state index contributed by atoms with van der Waals surface area (Å²) in [5.41, 5.74) is -0.0880. The van der Waals surface area contributed by atoms with Crippen molar-refractivity contribution in [2.75, 3.05) is 105 Å². The molecule has 0 saturated carbocycles. The standard InChI is InChI=1S/C61H116N2O7.C56H95NO9.C11H26N2O/c1-7-11-13-15-17-19-21-23-25-27-29-31-33-35-43-49-59(64)67-54-45-39-37-41-47-58(70-61(66)69-56-53-63(57(5)6)52-51-62(9-3)10-4)48-42-38-40-46-55-68-60(65)50-44-36-34-32-30-28-26-24-22-20-18-16-14-12-8-2;1-3-5-7-9-11-13-15-17-19-21-23-25-27-29-37-43-54(58)63-49-39-33-31-35-41-52(65-56(60)66-53-47-45-51(46-48-53)57(61)62)42-36-32-34-40-50-64-55(59)44-38-30-28-26-24-22-20-18-16-14-12-10-8-6-4-2;1-5-12(6-2)7-8-13(9-10-14)11(3)4/h23-26,57-58H,7-22,27-56H2,1-6H3;17-20,45-48,52H,3-16,21-44,49-50H2,1-2H3;11,14H,5-10H2,1-4H3/b25-23-,26-24-;19-17-,20-18-;. The predicted molar refractivity (Wildman–Crippen MR) is 630 cm³/mol. The van der Waals surface area contributed by atoms with Gasteiger partial charge in [0.05, 0.1) is 38.0 Å². The first-order valence-corrected chi connectivity index (χ1v) is 63.0. The molecule has 0 aliphatic heterocycles. The number of carbonyl (C=O) groups is 6. The van der Waals surface area contributed by atoms with E-state index in [1.54, 1.807) is 0 Å². The van der Waals surface area contributed by atoms with Gasteiger partial charge in [-0.15, -0.1) is 0 Å². The van der Waals surface area contributed by atoms with E-state index in [9.17, 15) is 38.9 Å². The van der Waals surface area contributed by atoms with Crippen molar-refractivity contribution >= 4 is 41.9 Å². The van der Waals surface area contributed by atoms with Crippen molar-refractivity contribution < 1.29 is 76.7 Å². The van der Waals surface area contributed by atoms with Crippen molar-refractivity contribution in [3.8, 4) is 5.75 Å². The molecule has 0 unspecified atom stereocenters. The third-order valence-electron chi connectivity index (χ3n) is 28.7. The summed E-state index contributed by atoms with van der Waals surface area (Å²) < 4.78 is 44.6. The van der Waals surface area contributed by atoms with E-state index in [1.807, 2.05) is 0 Å². The molecule has 1 aromatic rings. The minimum absolute atomic E-state index is 0.0723. The first kappa shape index (κ1) is 146. The molecule has 0 aliphatic carbocycles. The summed E-state index contributed by atoms with van der Waals surface area (Å²) in [6.45, 7) is 38.8. The van der Waals surface area contributed by atoms with Crippen LogP contribution in [0.25, 0.3) is 0 Å². The molecule has 150 heavy (non-hydrogen) atoms. The van der Waals surface area contributed by atoms with E-state index in [4.69, 9.17) is 43.0 Å². The van der Waals surface area contributed by atoms with Crippen LogP contribution in [0.4, 0.5) is 15.3 Å². The fraction of sp³-hybridized carbons (Fsp3) is 0.844. The van der Waals surface area contributed by atoms with Gasteiger partial charge in [0.25, 0.3) is 5.69 Å². The number of rotatable bonds is 109. The maximum Gasteiger partial charge on any atom is 0.514 e. The highest BCUT2D eigenvalue weighted by atomic mass is 16.7. The Labute approximate surface area is 922 Å². The quantitative estimate of drug-likeness (QED) is 0.0121. The molecule has 1 N–H and O–H groups in total. The molecule has 0 amide bonds. The van der Waals surface area contributed by atoms with Gasteiger partial charge in [-0.25, -0.2) is 9.59 Å². The average Bonchev–Trinajstić information content (AvgIpc) is 0.882. The number of non-ortho nitro benzene ring substituents is 1. The smallest absolute Gasteiger partial charge is 0.466 e. The van der Waals surface area contributed by atoms with Gasteiger partial charge in [0.15, 0.2) is 0 Å². The second-order valence-electron chi connectivity index (χ2n) is 42.7. The zero-order valence-corrected chi connectivity index (χ0v) is 99.5. The molecule has 0 spiro atoms. The van der Waals surface area contributed by atoms with Crippen LogP contribution in [0.15, 0.2) is 72.9 Å². The van der Waals surface area contributed by atoms with Crippen LogP contribution in [0.5, 0.6) is 5.75 Å². The van der Waals surface area contributed by atoms with E-state index in [1.165, 1.54) is 281 Å². The number of aliphatic hydroxyl groups excluding tert-OH is 1. The Balaban J connectivity index is 0. The molecule has 0 bridgehead atoms. The summed E-state index contributed by atoms with van der Waals surface area (Å²) in [4.78, 5) is 94.7. The largest absolute Gasteiger partial charge is 0.514 e. The Hall–Kier alpha value is -6.20. The van der Waals surface area contributed by atoms with Gasteiger partial charge >= 0.3 is 36.2 Å². The van der Waals surface area contributed by atoms with Crippen LogP contribution in [-0.4, -0.2) is 195 Å². The summed E-state index contributed by atoms with van der Waals surface area (Å²) in [6.07, 6.45) is 101. The minimum atomic E-state index is -0.829. The maximum atomic E-state index is 12.9. The Morgan fingerprint density at radius 1 is 0.280 bits per heavy atom. The van der Waals surface area contributed by atoms with Gasteiger partial charge < -0.3 is 52.8 Å². The highest BCUT2D eigenvalue weighted by Crippen LogP contribution is 2.25. The number of hydrogen-bond acceptors (Lipinski definition) is 21. The fourth-order valence-electron chi connectivity index (χ4n) is 18.5. The lowest BCUT2D eigenvalue weighted by atomic mass is 10.0. The number of allylic oxidation sites excluding steroid dienone is 8. The van der Waals surface area contributed by atoms with Crippen LogP contribution in [0.2, 0.25) is 0 Å². The number of nitro groups is 1. The van der Waals surface area contributed by atoms with Crippen molar-refractivity contribution in [3.63, 3.8) is 0 Å². The summed E-state index contributed by atoms with van der Waals surface area (Å²) in [7, 11) is 0. The molecule has 0 aliphatic rings. The zero-order valence-electron chi connectivity index (χ0n) is 99.5. The van der Waals surface area contributed by atoms with Gasteiger partial charge in [-0.05, 0) is 271 Å². The van der Waals surface area contributed by atoms with Gasteiger partial charge in [-0.3, -0.25) is 39.1 Å². The molecule has 0 aromatic heterocycles. The van der Waals surface area contributed by atoms with E-state index in [2.05, 4.69) is 151 Å². The number of carbonyl (C=O) groups excluding carboxylic acids is 6. The van der Waals surface area contributed by atoms with Gasteiger partial charge in [-0.1, -0.05) is 361 Å². The number of unbranched alkanes of at least 4 members (excludes halogenated alkanes) is 56. The lowest BCUT2D eigenvalue weighted by Crippen LogP contribution is -2.40. The maximum absolute atomic E-state index is 12.9. The molecule has 22 heteroatoms. The number of hydrogen-bond donors (Lipinski definition) is 1. The van der Waals surface area contributed by atoms with E-state index < -0.39 is 17.2 Å². The molecule has 0 radical (unpaired) electrons. The normalized spacial score (nSPS) is 11.7. The first-order valence-electron chi connectivity index (χ1n) is 63.0. The number of ether oxygens (including phenoxy) is 8. The van der Waals surface area contributed by atoms with Crippen LogP contribution in [0, 0.1) is 10.1 Å². The van der Waals surface area contributed by atoms with Gasteiger partial charge in [-0.2, -0.15) is 0 Å². The second kappa shape index (κ2) is 117. The monoisotopic (exact) mass is 2120 g/mol. The minimum Gasteiger partial charge on any atom is -0.466 e. The number of likely N-dealkylation sites (N-methyl/N-ethyl adjacent to an activating group) is 2. The Bertz CT molecular complexity index is 3080. The molecule has 1 rings (SSSR count). The van der Waals surface area contributed by atoms with E-state index in [-0.39, 0.29) is 54.1 Å². The third kappa shape index (κ3) is 106. The summed E-state index contributed by atoms with van der Waals surface area (Å²) >= 11 is 0. The van der Waals surface area contributed by atoms with Crippen LogP contribution in [-0.2, 0) is 52.3 Å². The topological polar surface area (TPSA) is 253 Å². The molecular formula is C128H237N5O17. The molecule has 1 aromatic carbocycles. The summed E-state index contributed by atoms with van der Waals surface area (Å²) in [5, 5.41) is 19.9. The molecule has 0 fully saturated rings. The molecule has 0 saturated heterocycles. The lowest BCUT2D eigenvalue weighted by molar-refractivity contribution is -0.384. The van der Waals surface area contributed by atoms with Crippen molar-refractivity contribution in [1.29, 1.82) is 0 Å². The number of benzene rings is 1. The lowest BCUT2D eigenvalue weighted by Gasteiger charge is -2.29. The third-order valence-corrected chi connectivity index (χ3v) is 28.7. The number of esters is 4. The van der Waals surface area contributed by atoms with E-state index in [0.717, 1.165) is 252 Å². The number of aliphatic hydroxyl groups is 1. The molecule has 876 valence electrons. The molecule has 0 heterocycles. The highest BCUT2D eigenvalue weighted by molar-refractivity contribution is 5.70. The predicted octanol–water partition coefficient (Wildman–Crippen LogP) is 36.2. The molecule has 22 nitrogen and oxygen atoms in total. The number of nitro benzene ring substituents is 1. The highest BCUT2D eigenvalue weighted by Gasteiger charge is 2.22. The van der Waals surface area contributed by atoms with Crippen LogP contribution < -0.4 is 4.74 Å². The van der Waals surface area contributed by atoms with Crippen LogP contribution >= 0.6 is 0 Å². The van der Waals surface area contributed by atoms with Gasteiger partial charge in [0.1, 0.15) is 24.6 Å². The van der Waals surface area contributed by atoms with Crippen molar-refractivity contribution in [2.45, 2.75) is 595 Å². The molecular weight excluding hydrogens is 1880 g/mol. The van der Waals surface area contributed by atoms with E-state index >= 15 is 0 Å². The van der Waals surface area contributed by atoms with Crippen molar-refractivity contribution in [3.05, 3.63) is 83.0 Å². The van der Waals surface area contributed by atoms with Gasteiger partial charge in [0.2, 0.25) is 0 Å². The van der Waals surface area contributed by atoms with Crippen LogP contribution in [0.1, 0.15) is 571 Å². The van der Waals surface area contributed by atoms with Crippen molar-refractivity contribution in [1.82, 2.24) is 19.6 Å². The SMILES string of the molecule is CCCCCCCC/C=C\CCCCCCCC(=O)OCCCCCCC(CCCCCCOC(=O)CCCCCCC/C=C\CCCCCCCC)OC(=O)OCCN(CCN(CC)CC)C(C)C.CCCCCCCC/C=C\CCCCCCCC(=O)OCCCCCCC(CCCCCCOC(=O)CCCCCCC/C=C\CCCCCCCC)OC(=O)Oc1ccc([N+](=O)[O-])cc1.CCN(CC)CCN(CCO)C(C)C. The van der Waals surface area contributed by atoms with E-state index in [0.29, 0.717) is 90.2 Å². The van der Waals surface area contributed by atoms with Crippen molar-refractivity contribution in [2.24, 2.45) is 0 Å². The second-order valence-corrected chi connectivity index (χ2v) is 42.7.